The van der Waals surface area contributed by atoms with Crippen LogP contribution in [0.25, 0.3) is 6.08 Å². The average molecular weight is 440 g/mol. The maximum absolute atomic E-state index is 12.8. The Hall–Kier alpha value is -2.75. The third kappa shape index (κ3) is 5.93. The lowest BCUT2D eigenvalue weighted by atomic mass is 9.95. The first-order valence-corrected chi connectivity index (χ1v) is 12.1. The molecule has 1 aliphatic carbocycles. The second-order valence-corrected chi connectivity index (χ2v) is 9.17. The molecular weight excluding hydrogens is 402 g/mol. The number of nitrogens with one attached hydrogen (secondary N) is 2. The van der Waals surface area contributed by atoms with Gasteiger partial charge in [-0.15, -0.1) is 0 Å². The smallest absolute Gasteiger partial charge is 0.317 e. The number of likely N-dealkylation sites (tertiary alicyclic amines) is 1. The monoisotopic (exact) mass is 439 g/mol. The quantitative estimate of drug-likeness (QED) is 0.518. The van der Waals surface area contributed by atoms with E-state index >= 15 is 0 Å². The first-order valence-electron chi connectivity index (χ1n) is 12.1. The summed E-state index contributed by atoms with van der Waals surface area (Å²) in [6.45, 7) is 8.36. The minimum absolute atomic E-state index is 0.0155. The number of carbonyl (C=O) groups excluding carboxylic acids is 2. The number of hydrogen-bond acceptors (Lipinski definition) is 3. The molecule has 1 saturated carbocycles. The molecule has 2 heterocycles. The Labute approximate surface area is 191 Å². The van der Waals surface area contributed by atoms with E-state index in [1.54, 1.807) is 6.08 Å². The first kappa shape index (κ1) is 23.9. The second kappa shape index (κ2) is 11.2. The fraction of sp³-hybridized carbons (Fsp3) is 0.640. The molecule has 1 aliphatic heterocycles. The summed E-state index contributed by atoms with van der Waals surface area (Å²) in [5, 5.41) is 15.7. The van der Waals surface area contributed by atoms with Gasteiger partial charge in [0.05, 0.1) is 0 Å². The second-order valence-electron chi connectivity index (χ2n) is 9.17. The van der Waals surface area contributed by atoms with E-state index < -0.39 is 0 Å². The van der Waals surface area contributed by atoms with Gasteiger partial charge in [0.1, 0.15) is 11.6 Å². The van der Waals surface area contributed by atoms with Crippen molar-refractivity contribution in [2.24, 2.45) is 0 Å². The Bertz CT molecular complexity index is 881. The topological polar surface area (TPSA) is 90.2 Å². The van der Waals surface area contributed by atoms with Crippen molar-refractivity contribution < 1.29 is 9.59 Å². The van der Waals surface area contributed by atoms with E-state index in [9.17, 15) is 14.9 Å². The molecule has 0 bridgehead atoms. The lowest BCUT2D eigenvalue weighted by molar-refractivity contribution is -0.117. The molecule has 0 spiro atoms. The highest BCUT2D eigenvalue weighted by molar-refractivity contribution is 6.02. The van der Waals surface area contributed by atoms with E-state index in [1.165, 1.54) is 19.3 Å². The van der Waals surface area contributed by atoms with Crippen LogP contribution >= 0.6 is 0 Å². The largest absolute Gasteiger partial charge is 0.349 e. The summed E-state index contributed by atoms with van der Waals surface area (Å²) in [6, 6.07) is 4.39. The summed E-state index contributed by atoms with van der Waals surface area (Å²) in [5.74, 6) is -0.335. The highest BCUT2D eigenvalue weighted by atomic mass is 16.2. The van der Waals surface area contributed by atoms with Crippen LogP contribution in [0, 0.1) is 25.2 Å². The number of hydrogen-bond donors (Lipinski definition) is 2. The molecule has 32 heavy (non-hydrogen) atoms. The number of aromatic nitrogens is 1. The SMILES string of the molecule is CCCn1c(C)cc(/C=C(\C#N)C(=O)NC2CCN(C(=O)NC3CCCCC3)CC2)c1C. The predicted octanol–water partition coefficient (Wildman–Crippen LogP) is 4.04. The number of nitriles is 1. The van der Waals surface area contributed by atoms with Gasteiger partial charge in [-0.05, 0) is 63.7 Å². The molecule has 174 valence electrons. The van der Waals surface area contributed by atoms with E-state index in [2.05, 4.69) is 28.2 Å². The van der Waals surface area contributed by atoms with Gasteiger partial charge in [0.15, 0.2) is 0 Å². The van der Waals surface area contributed by atoms with E-state index in [0.717, 1.165) is 42.8 Å². The summed E-state index contributed by atoms with van der Waals surface area (Å²) in [7, 11) is 0. The summed E-state index contributed by atoms with van der Waals surface area (Å²) in [5.41, 5.74) is 3.24. The Balaban J connectivity index is 1.53. The van der Waals surface area contributed by atoms with Gasteiger partial charge >= 0.3 is 6.03 Å². The number of aryl methyl sites for hydroxylation is 1. The van der Waals surface area contributed by atoms with Crippen LogP contribution in [-0.4, -0.2) is 46.6 Å². The Morgan fingerprint density at radius 1 is 1.09 bits per heavy atom. The van der Waals surface area contributed by atoms with Crippen LogP contribution in [0.1, 0.15) is 75.2 Å². The van der Waals surface area contributed by atoms with Crippen molar-refractivity contribution in [1.29, 1.82) is 5.26 Å². The molecule has 0 aromatic carbocycles. The van der Waals surface area contributed by atoms with Gasteiger partial charge in [0.25, 0.3) is 5.91 Å². The van der Waals surface area contributed by atoms with Crippen LogP contribution in [0.15, 0.2) is 11.6 Å². The van der Waals surface area contributed by atoms with Gasteiger partial charge < -0.3 is 20.1 Å². The standard InChI is InChI=1S/C25H37N5O2/c1-4-12-30-18(2)15-20(19(30)3)16-21(17-26)24(31)27-23-10-13-29(14-11-23)25(32)28-22-8-6-5-7-9-22/h15-16,22-23H,4-14H2,1-3H3,(H,27,31)(H,28,32)/b21-16+. The number of urea groups is 1. The number of amides is 3. The fourth-order valence-corrected chi connectivity index (χ4v) is 4.85. The third-order valence-electron chi connectivity index (χ3n) is 6.78. The predicted molar refractivity (Wildman–Crippen MR) is 126 cm³/mol. The number of carbonyl (C=O) groups is 2. The molecule has 2 N–H and O–H groups in total. The maximum Gasteiger partial charge on any atom is 0.317 e. The van der Waals surface area contributed by atoms with Crippen LogP contribution in [0.5, 0.6) is 0 Å². The molecule has 7 heteroatoms. The normalized spacial score (nSPS) is 18.3. The molecule has 1 aromatic heterocycles. The number of piperidine rings is 1. The van der Waals surface area contributed by atoms with Gasteiger partial charge in [-0.25, -0.2) is 4.79 Å². The average Bonchev–Trinajstić information content (AvgIpc) is 3.06. The molecule has 7 nitrogen and oxygen atoms in total. The molecule has 1 aromatic rings. The maximum atomic E-state index is 12.8. The van der Waals surface area contributed by atoms with Crippen molar-refractivity contribution in [3.63, 3.8) is 0 Å². The van der Waals surface area contributed by atoms with Crippen molar-refractivity contribution >= 4 is 18.0 Å². The van der Waals surface area contributed by atoms with Crippen molar-refractivity contribution in [1.82, 2.24) is 20.1 Å². The lowest BCUT2D eigenvalue weighted by Crippen LogP contribution is -2.51. The molecule has 2 aliphatic rings. The zero-order valence-electron chi connectivity index (χ0n) is 19.7. The zero-order valence-corrected chi connectivity index (χ0v) is 19.7. The molecule has 1 saturated heterocycles. The number of nitrogens with zero attached hydrogens (tertiary/aromatic N) is 3. The summed E-state index contributed by atoms with van der Waals surface area (Å²) < 4.78 is 2.22. The van der Waals surface area contributed by atoms with E-state index in [4.69, 9.17) is 0 Å². The summed E-state index contributed by atoms with van der Waals surface area (Å²) in [6.07, 6.45) is 9.91. The first-order chi connectivity index (χ1) is 15.4. The molecule has 3 rings (SSSR count). The number of rotatable bonds is 6. The van der Waals surface area contributed by atoms with Crippen molar-refractivity contribution in [2.75, 3.05) is 13.1 Å². The zero-order chi connectivity index (χ0) is 23.1. The molecule has 3 amide bonds. The summed E-state index contributed by atoms with van der Waals surface area (Å²) >= 11 is 0. The van der Waals surface area contributed by atoms with Crippen LogP contribution in [0.3, 0.4) is 0 Å². The Kier molecular flexibility index (Phi) is 8.38. The molecule has 0 radical (unpaired) electrons. The van der Waals surface area contributed by atoms with E-state index in [-0.39, 0.29) is 23.6 Å². The third-order valence-corrected chi connectivity index (χ3v) is 6.78. The van der Waals surface area contributed by atoms with Crippen LogP contribution in [0.4, 0.5) is 4.79 Å². The van der Waals surface area contributed by atoms with Crippen molar-refractivity contribution in [2.45, 2.75) is 90.8 Å². The fourth-order valence-electron chi connectivity index (χ4n) is 4.85. The summed E-state index contributed by atoms with van der Waals surface area (Å²) in [4.78, 5) is 27.1. The van der Waals surface area contributed by atoms with Gasteiger partial charge in [0, 0.05) is 43.1 Å². The van der Waals surface area contributed by atoms with Crippen LogP contribution in [-0.2, 0) is 11.3 Å². The highest BCUT2D eigenvalue weighted by Gasteiger charge is 2.26. The molecule has 2 fully saturated rings. The van der Waals surface area contributed by atoms with Gasteiger partial charge in [-0.3, -0.25) is 4.79 Å². The van der Waals surface area contributed by atoms with Gasteiger partial charge in [0.2, 0.25) is 0 Å². The minimum Gasteiger partial charge on any atom is -0.349 e. The van der Waals surface area contributed by atoms with E-state index in [0.29, 0.717) is 32.0 Å². The molecule has 0 unspecified atom stereocenters. The minimum atomic E-state index is -0.335. The molecule has 0 atom stereocenters. The van der Waals surface area contributed by atoms with Gasteiger partial charge in [-0.2, -0.15) is 5.26 Å². The van der Waals surface area contributed by atoms with Gasteiger partial charge in [-0.1, -0.05) is 26.2 Å². The van der Waals surface area contributed by atoms with Crippen LogP contribution < -0.4 is 10.6 Å². The Morgan fingerprint density at radius 3 is 2.38 bits per heavy atom. The highest BCUT2D eigenvalue weighted by Crippen LogP contribution is 2.20. The van der Waals surface area contributed by atoms with Crippen LogP contribution in [0.2, 0.25) is 0 Å². The van der Waals surface area contributed by atoms with E-state index in [1.807, 2.05) is 24.8 Å². The lowest BCUT2D eigenvalue weighted by Gasteiger charge is -2.34. The van der Waals surface area contributed by atoms with Crippen molar-refractivity contribution in [3.8, 4) is 6.07 Å². The Morgan fingerprint density at radius 2 is 1.75 bits per heavy atom. The molecular formula is C25H37N5O2. The van der Waals surface area contributed by atoms with Crippen molar-refractivity contribution in [3.05, 3.63) is 28.6 Å².